The fourth-order valence-corrected chi connectivity index (χ4v) is 6.26. The molecule has 2 heterocycles. The molecule has 144 valence electrons. The van der Waals surface area contributed by atoms with Gasteiger partial charge in [0.05, 0.1) is 23.0 Å². The van der Waals surface area contributed by atoms with Crippen molar-refractivity contribution in [2.75, 3.05) is 0 Å². The number of hydrogen-bond acceptors (Lipinski definition) is 3. The maximum Gasteiger partial charge on any atom is 0.287 e. The first-order chi connectivity index (χ1) is 12.9. The minimum Gasteiger partial charge on any atom is -0.454 e. The SMILES string of the molecule is Cc1nn(Cc2ccc(C(=O)NC34CC5CC(CC(C5)C3)C4)o2)c(C)c1Cl. The maximum atomic E-state index is 12.9. The summed E-state index contributed by atoms with van der Waals surface area (Å²) in [5.74, 6) is 3.45. The summed E-state index contributed by atoms with van der Waals surface area (Å²) < 4.78 is 7.67. The molecule has 1 N–H and O–H groups in total. The highest BCUT2D eigenvalue weighted by molar-refractivity contribution is 6.31. The average molecular weight is 388 g/mol. The van der Waals surface area contributed by atoms with Gasteiger partial charge in [-0.3, -0.25) is 9.48 Å². The van der Waals surface area contributed by atoms with E-state index in [9.17, 15) is 4.79 Å². The summed E-state index contributed by atoms with van der Waals surface area (Å²) in [5.41, 5.74) is 1.72. The van der Waals surface area contributed by atoms with Crippen molar-refractivity contribution in [1.82, 2.24) is 15.1 Å². The summed E-state index contributed by atoms with van der Waals surface area (Å²) in [7, 11) is 0. The molecule has 0 spiro atoms. The van der Waals surface area contributed by atoms with Gasteiger partial charge in [0.15, 0.2) is 5.76 Å². The van der Waals surface area contributed by atoms with Gasteiger partial charge in [0, 0.05) is 5.54 Å². The van der Waals surface area contributed by atoms with E-state index in [0.717, 1.165) is 48.4 Å². The Bertz CT molecular complexity index is 862. The van der Waals surface area contributed by atoms with E-state index < -0.39 is 0 Å². The molecular formula is C21H26ClN3O2. The van der Waals surface area contributed by atoms with Crippen molar-refractivity contribution in [3.05, 3.63) is 40.1 Å². The van der Waals surface area contributed by atoms with Gasteiger partial charge in [-0.1, -0.05) is 11.6 Å². The molecule has 6 rings (SSSR count). The first kappa shape index (κ1) is 17.4. The lowest BCUT2D eigenvalue weighted by molar-refractivity contribution is -0.0171. The van der Waals surface area contributed by atoms with E-state index in [0.29, 0.717) is 23.1 Å². The Labute approximate surface area is 164 Å². The van der Waals surface area contributed by atoms with E-state index in [1.54, 1.807) is 6.07 Å². The molecule has 5 nitrogen and oxygen atoms in total. The van der Waals surface area contributed by atoms with Crippen molar-refractivity contribution in [2.45, 2.75) is 64.5 Å². The zero-order chi connectivity index (χ0) is 18.8. The van der Waals surface area contributed by atoms with E-state index in [4.69, 9.17) is 16.0 Å². The monoisotopic (exact) mass is 387 g/mol. The highest BCUT2D eigenvalue weighted by Gasteiger charge is 2.51. The molecule has 0 atom stereocenters. The summed E-state index contributed by atoms with van der Waals surface area (Å²) in [6.07, 6.45) is 7.52. The summed E-state index contributed by atoms with van der Waals surface area (Å²) in [5, 5.41) is 8.48. The van der Waals surface area contributed by atoms with Crippen molar-refractivity contribution in [1.29, 1.82) is 0 Å². The lowest BCUT2D eigenvalue weighted by atomic mass is 9.53. The maximum absolute atomic E-state index is 12.9. The number of carbonyl (C=O) groups excluding carboxylic acids is 1. The molecule has 6 heteroatoms. The fraction of sp³-hybridized carbons (Fsp3) is 0.619. The topological polar surface area (TPSA) is 60.1 Å². The van der Waals surface area contributed by atoms with Gasteiger partial charge < -0.3 is 9.73 Å². The van der Waals surface area contributed by atoms with Crippen molar-refractivity contribution < 1.29 is 9.21 Å². The summed E-state index contributed by atoms with van der Waals surface area (Å²) >= 11 is 6.21. The number of aromatic nitrogens is 2. The van der Waals surface area contributed by atoms with Crippen molar-refractivity contribution >= 4 is 17.5 Å². The van der Waals surface area contributed by atoms with Gasteiger partial charge in [0.25, 0.3) is 5.91 Å². The number of rotatable bonds is 4. The molecule has 2 aromatic heterocycles. The summed E-state index contributed by atoms with van der Waals surface area (Å²) in [4.78, 5) is 12.9. The molecule has 0 unspecified atom stereocenters. The first-order valence-corrected chi connectivity index (χ1v) is 10.4. The zero-order valence-electron chi connectivity index (χ0n) is 15.9. The molecule has 4 saturated carbocycles. The van der Waals surface area contributed by atoms with Gasteiger partial charge in [-0.25, -0.2) is 0 Å². The highest BCUT2D eigenvalue weighted by atomic mass is 35.5. The second kappa shape index (κ2) is 6.13. The Hall–Kier alpha value is -1.75. The third-order valence-electron chi connectivity index (χ3n) is 6.90. The smallest absolute Gasteiger partial charge is 0.287 e. The number of aryl methyl sites for hydroxylation is 1. The summed E-state index contributed by atoms with van der Waals surface area (Å²) in [6, 6.07) is 3.64. The standard InChI is InChI=1S/C21H26ClN3O2/c1-12-19(22)13(2)25(24-12)11-17-3-4-18(27-17)20(26)23-21-8-14-5-15(9-21)7-16(6-14)10-21/h3-4,14-16H,5-11H2,1-2H3,(H,23,26). The number of carbonyl (C=O) groups is 1. The van der Waals surface area contributed by atoms with Crippen LogP contribution in [-0.4, -0.2) is 21.2 Å². The molecule has 27 heavy (non-hydrogen) atoms. The Morgan fingerprint density at radius 1 is 1.22 bits per heavy atom. The molecule has 4 bridgehead atoms. The number of furan rings is 1. The van der Waals surface area contributed by atoms with Crippen molar-refractivity contribution in [3.63, 3.8) is 0 Å². The Balaban J connectivity index is 1.30. The lowest BCUT2D eigenvalue weighted by Crippen LogP contribution is -2.59. The van der Waals surface area contributed by atoms with Gasteiger partial charge in [-0.2, -0.15) is 5.10 Å². The second-order valence-corrected chi connectivity index (χ2v) is 9.44. The van der Waals surface area contributed by atoms with Crippen LogP contribution in [0.4, 0.5) is 0 Å². The Morgan fingerprint density at radius 2 is 1.85 bits per heavy atom. The molecule has 0 aromatic carbocycles. The number of hydrogen-bond donors (Lipinski definition) is 1. The van der Waals surface area contributed by atoms with Gasteiger partial charge in [-0.05, 0) is 82.3 Å². The van der Waals surface area contributed by atoms with Crippen LogP contribution in [0.5, 0.6) is 0 Å². The number of amides is 1. The second-order valence-electron chi connectivity index (χ2n) is 9.06. The third kappa shape index (κ3) is 3.00. The molecule has 0 saturated heterocycles. The van der Waals surface area contributed by atoms with Crippen LogP contribution in [0.3, 0.4) is 0 Å². The molecule has 0 aliphatic heterocycles. The van der Waals surface area contributed by atoms with Crippen LogP contribution in [0.1, 0.15) is 66.2 Å². The van der Waals surface area contributed by atoms with E-state index in [1.165, 1.54) is 19.3 Å². The van der Waals surface area contributed by atoms with Gasteiger partial charge >= 0.3 is 0 Å². The highest BCUT2D eigenvalue weighted by Crippen LogP contribution is 2.55. The van der Waals surface area contributed by atoms with Crippen LogP contribution < -0.4 is 5.32 Å². The van der Waals surface area contributed by atoms with Crippen molar-refractivity contribution in [3.8, 4) is 0 Å². The fourth-order valence-electron chi connectivity index (χ4n) is 6.13. The van der Waals surface area contributed by atoms with Crippen LogP contribution >= 0.6 is 11.6 Å². The molecule has 0 radical (unpaired) electrons. The summed E-state index contributed by atoms with van der Waals surface area (Å²) in [6.45, 7) is 4.30. The first-order valence-electron chi connectivity index (χ1n) is 10.0. The van der Waals surface area contributed by atoms with Gasteiger partial charge in [0.1, 0.15) is 5.76 Å². The van der Waals surface area contributed by atoms with Crippen LogP contribution in [-0.2, 0) is 6.54 Å². The van der Waals surface area contributed by atoms with Crippen molar-refractivity contribution in [2.24, 2.45) is 17.8 Å². The number of halogens is 1. The molecular weight excluding hydrogens is 362 g/mol. The van der Waals surface area contributed by atoms with Gasteiger partial charge in [-0.15, -0.1) is 0 Å². The van der Waals surface area contributed by atoms with E-state index in [1.807, 2.05) is 24.6 Å². The molecule has 4 aliphatic carbocycles. The Morgan fingerprint density at radius 3 is 2.41 bits per heavy atom. The predicted octanol–water partition coefficient (Wildman–Crippen LogP) is 4.49. The van der Waals surface area contributed by atoms with Crippen LogP contribution in [0.15, 0.2) is 16.5 Å². The third-order valence-corrected chi connectivity index (χ3v) is 7.45. The Kier molecular flexibility index (Phi) is 3.94. The largest absolute Gasteiger partial charge is 0.454 e. The normalized spacial score (nSPS) is 31.4. The van der Waals surface area contributed by atoms with Gasteiger partial charge in [0.2, 0.25) is 0 Å². The van der Waals surface area contributed by atoms with Crippen LogP contribution in [0, 0.1) is 31.6 Å². The van der Waals surface area contributed by atoms with Crippen LogP contribution in [0.2, 0.25) is 5.02 Å². The average Bonchev–Trinajstić information content (AvgIpc) is 3.15. The predicted molar refractivity (Wildman–Crippen MR) is 103 cm³/mol. The molecule has 4 aliphatic rings. The number of nitrogens with one attached hydrogen (secondary N) is 1. The van der Waals surface area contributed by atoms with E-state index in [-0.39, 0.29) is 11.4 Å². The minimum atomic E-state index is -0.0744. The van der Waals surface area contributed by atoms with Crippen LogP contribution in [0.25, 0.3) is 0 Å². The minimum absolute atomic E-state index is 0.00198. The quantitative estimate of drug-likeness (QED) is 0.840. The zero-order valence-corrected chi connectivity index (χ0v) is 16.7. The number of nitrogens with zero attached hydrogens (tertiary/aromatic N) is 2. The molecule has 1 amide bonds. The molecule has 4 fully saturated rings. The molecule has 2 aromatic rings. The lowest BCUT2D eigenvalue weighted by Gasteiger charge is -2.56. The van der Waals surface area contributed by atoms with E-state index in [2.05, 4.69) is 10.4 Å². The van der Waals surface area contributed by atoms with E-state index >= 15 is 0 Å².